The van der Waals surface area contributed by atoms with E-state index >= 15 is 0 Å². The SMILES string of the molecule is COc1cc(CN2CCN(Cc3cc(OC)c(OC)c(OC)c3)C2)cc(OC)c1OC. The van der Waals surface area contributed by atoms with Crippen molar-refractivity contribution in [1.82, 2.24) is 9.80 Å². The van der Waals surface area contributed by atoms with Crippen LogP contribution in [0.25, 0.3) is 0 Å². The maximum atomic E-state index is 5.48. The van der Waals surface area contributed by atoms with E-state index in [1.165, 1.54) is 0 Å². The van der Waals surface area contributed by atoms with Crippen LogP contribution in [-0.2, 0) is 13.1 Å². The zero-order chi connectivity index (χ0) is 22.4. The fourth-order valence-corrected chi connectivity index (χ4v) is 3.93. The summed E-state index contributed by atoms with van der Waals surface area (Å²) in [5.41, 5.74) is 2.23. The van der Waals surface area contributed by atoms with Gasteiger partial charge in [0.25, 0.3) is 0 Å². The molecule has 0 saturated carbocycles. The van der Waals surface area contributed by atoms with Crippen molar-refractivity contribution in [2.24, 2.45) is 0 Å². The monoisotopic (exact) mass is 432 g/mol. The third-order valence-electron chi connectivity index (χ3n) is 5.39. The van der Waals surface area contributed by atoms with Crippen LogP contribution in [0.5, 0.6) is 34.5 Å². The first kappa shape index (κ1) is 22.8. The van der Waals surface area contributed by atoms with E-state index in [2.05, 4.69) is 9.80 Å². The van der Waals surface area contributed by atoms with E-state index in [-0.39, 0.29) is 0 Å². The molecule has 1 aliphatic heterocycles. The summed E-state index contributed by atoms with van der Waals surface area (Å²) in [4.78, 5) is 4.78. The van der Waals surface area contributed by atoms with Gasteiger partial charge in [0, 0.05) is 26.2 Å². The van der Waals surface area contributed by atoms with E-state index in [0.717, 1.165) is 44.0 Å². The average molecular weight is 433 g/mol. The number of hydrogen-bond acceptors (Lipinski definition) is 8. The van der Waals surface area contributed by atoms with Crippen LogP contribution in [-0.4, -0.2) is 72.2 Å². The standard InChI is InChI=1S/C23H32N2O6/c1-26-18-9-16(10-19(27-2)22(18)30-5)13-24-7-8-25(15-24)14-17-11-20(28-3)23(31-6)21(12-17)29-4/h9-12H,7-8,13-15H2,1-6H3. The Morgan fingerprint density at radius 1 is 0.548 bits per heavy atom. The minimum atomic E-state index is 0.610. The molecule has 1 aliphatic rings. The second kappa shape index (κ2) is 10.5. The van der Waals surface area contributed by atoms with Crippen molar-refractivity contribution < 1.29 is 28.4 Å². The first-order valence-corrected chi connectivity index (χ1v) is 10.1. The second-order valence-electron chi connectivity index (χ2n) is 7.31. The Morgan fingerprint density at radius 2 is 0.871 bits per heavy atom. The third kappa shape index (κ3) is 5.08. The summed E-state index contributed by atoms with van der Waals surface area (Å²) >= 11 is 0. The quantitative estimate of drug-likeness (QED) is 0.568. The molecule has 0 spiro atoms. The molecule has 2 aromatic carbocycles. The number of nitrogens with zero attached hydrogens (tertiary/aromatic N) is 2. The molecule has 0 unspecified atom stereocenters. The Kier molecular flexibility index (Phi) is 7.70. The number of methoxy groups -OCH3 is 6. The van der Waals surface area contributed by atoms with Gasteiger partial charge in [0.05, 0.1) is 49.3 Å². The fourth-order valence-electron chi connectivity index (χ4n) is 3.93. The normalized spacial score (nSPS) is 14.4. The highest BCUT2D eigenvalue weighted by molar-refractivity contribution is 5.54. The van der Waals surface area contributed by atoms with E-state index in [1.54, 1.807) is 42.7 Å². The number of benzene rings is 2. The predicted octanol–water partition coefficient (Wildman–Crippen LogP) is 3.01. The minimum absolute atomic E-state index is 0.610. The van der Waals surface area contributed by atoms with Crippen molar-refractivity contribution in [2.75, 3.05) is 62.4 Å². The largest absolute Gasteiger partial charge is 0.493 e. The molecule has 0 radical (unpaired) electrons. The topological polar surface area (TPSA) is 61.9 Å². The molecule has 0 aliphatic carbocycles. The summed E-state index contributed by atoms with van der Waals surface area (Å²) in [5.74, 6) is 3.91. The molecule has 8 heteroatoms. The maximum absolute atomic E-state index is 5.48. The van der Waals surface area contributed by atoms with Crippen LogP contribution in [0.4, 0.5) is 0 Å². The molecular formula is C23H32N2O6. The van der Waals surface area contributed by atoms with Crippen molar-refractivity contribution in [3.8, 4) is 34.5 Å². The molecule has 2 aromatic rings. The lowest BCUT2D eigenvalue weighted by Gasteiger charge is -2.20. The second-order valence-corrected chi connectivity index (χ2v) is 7.31. The summed E-state index contributed by atoms with van der Waals surface area (Å²) in [6.07, 6.45) is 0. The van der Waals surface area contributed by atoms with E-state index in [1.807, 2.05) is 24.3 Å². The molecule has 1 heterocycles. The Balaban J connectivity index is 1.69. The molecule has 1 fully saturated rings. The van der Waals surface area contributed by atoms with Crippen LogP contribution in [0.15, 0.2) is 24.3 Å². The highest BCUT2D eigenvalue weighted by atomic mass is 16.5. The molecule has 0 aromatic heterocycles. The van der Waals surface area contributed by atoms with E-state index in [4.69, 9.17) is 28.4 Å². The van der Waals surface area contributed by atoms with E-state index in [0.29, 0.717) is 34.5 Å². The molecule has 170 valence electrons. The van der Waals surface area contributed by atoms with Crippen molar-refractivity contribution in [2.45, 2.75) is 13.1 Å². The molecule has 0 bridgehead atoms. The van der Waals surface area contributed by atoms with Crippen molar-refractivity contribution in [3.05, 3.63) is 35.4 Å². The molecule has 1 saturated heterocycles. The number of hydrogen-bond donors (Lipinski definition) is 0. The van der Waals surface area contributed by atoms with Gasteiger partial charge in [-0.3, -0.25) is 9.80 Å². The summed E-state index contributed by atoms with van der Waals surface area (Å²) < 4.78 is 32.8. The van der Waals surface area contributed by atoms with Crippen LogP contribution in [0.2, 0.25) is 0 Å². The molecule has 3 rings (SSSR count). The highest BCUT2D eigenvalue weighted by Gasteiger charge is 2.23. The Bertz CT molecular complexity index is 767. The highest BCUT2D eigenvalue weighted by Crippen LogP contribution is 2.39. The molecule has 0 atom stereocenters. The van der Waals surface area contributed by atoms with E-state index < -0.39 is 0 Å². The van der Waals surface area contributed by atoms with Gasteiger partial charge in [-0.15, -0.1) is 0 Å². The maximum Gasteiger partial charge on any atom is 0.203 e. The van der Waals surface area contributed by atoms with Gasteiger partial charge in [0.2, 0.25) is 11.5 Å². The van der Waals surface area contributed by atoms with Gasteiger partial charge in [0.15, 0.2) is 23.0 Å². The summed E-state index contributed by atoms with van der Waals surface area (Å²) in [7, 11) is 9.77. The number of ether oxygens (including phenoxy) is 6. The minimum Gasteiger partial charge on any atom is -0.493 e. The van der Waals surface area contributed by atoms with Crippen molar-refractivity contribution >= 4 is 0 Å². The van der Waals surface area contributed by atoms with Gasteiger partial charge >= 0.3 is 0 Å². The Morgan fingerprint density at radius 3 is 1.13 bits per heavy atom. The van der Waals surface area contributed by atoms with Gasteiger partial charge in [-0.1, -0.05) is 0 Å². The van der Waals surface area contributed by atoms with Crippen LogP contribution in [0.3, 0.4) is 0 Å². The zero-order valence-electron chi connectivity index (χ0n) is 19.2. The first-order chi connectivity index (χ1) is 15.1. The summed E-state index contributed by atoms with van der Waals surface area (Å²) in [5, 5.41) is 0. The lowest BCUT2D eigenvalue weighted by Crippen LogP contribution is -2.25. The smallest absolute Gasteiger partial charge is 0.203 e. The van der Waals surface area contributed by atoms with E-state index in [9.17, 15) is 0 Å². The molecule has 0 N–H and O–H groups in total. The van der Waals surface area contributed by atoms with Crippen LogP contribution in [0.1, 0.15) is 11.1 Å². The lowest BCUT2D eigenvalue weighted by atomic mass is 10.1. The molecule has 31 heavy (non-hydrogen) atoms. The van der Waals surface area contributed by atoms with Crippen LogP contribution < -0.4 is 28.4 Å². The Hall–Kier alpha value is -2.84. The fraction of sp³-hybridized carbons (Fsp3) is 0.478. The van der Waals surface area contributed by atoms with Gasteiger partial charge < -0.3 is 28.4 Å². The van der Waals surface area contributed by atoms with Gasteiger partial charge in [-0.25, -0.2) is 0 Å². The lowest BCUT2D eigenvalue weighted by molar-refractivity contribution is 0.234. The third-order valence-corrected chi connectivity index (χ3v) is 5.39. The average Bonchev–Trinajstić information content (AvgIpc) is 3.23. The number of rotatable bonds is 10. The molecular weight excluding hydrogens is 400 g/mol. The predicted molar refractivity (Wildman–Crippen MR) is 118 cm³/mol. The van der Waals surface area contributed by atoms with Gasteiger partial charge in [-0.2, -0.15) is 0 Å². The van der Waals surface area contributed by atoms with Crippen molar-refractivity contribution in [3.63, 3.8) is 0 Å². The zero-order valence-corrected chi connectivity index (χ0v) is 19.2. The van der Waals surface area contributed by atoms with Gasteiger partial charge in [0.1, 0.15) is 0 Å². The summed E-state index contributed by atoms with van der Waals surface area (Å²) in [6.45, 7) is 4.39. The first-order valence-electron chi connectivity index (χ1n) is 10.1. The Labute approximate surface area is 184 Å². The van der Waals surface area contributed by atoms with Crippen LogP contribution in [0, 0.1) is 0 Å². The summed E-state index contributed by atoms with van der Waals surface area (Å²) in [6, 6.07) is 8.01. The molecule has 8 nitrogen and oxygen atoms in total. The van der Waals surface area contributed by atoms with Crippen molar-refractivity contribution in [1.29, 1.82) is 0 Å². The molecule has 0 amide bonds. The van der Waals surface area contributed by atoms with Crippen LogP contribution >= 0.6 is 0 Å². The van der Waals surface area contributed by atoms with Gasteiger partial charge in [-0.05, 0) is 35.4 Å².